The van der Waals surface area contributed by atoms with Crippen LogP contribution in [0.1, 0.15) is 36.4 Å². The molecule has 3 atom stereocenters. The molecule has 0 saturated heterocycles. The van der Waals surface area contributed by atoms with Gasteiger partial charge in [-0.15, -0.1) is 0 Å². The van der Waals surface area contributed by atoms with E-state index in [9.17, 15) is 5.11 Å². The smallest absolute Gasteiger partial charge is 0.0738 e. The van der Waals surface area contributed by atoms with Gasteiger partial charge in [-0.1, -0.05) is 67.6 Å². The molecule has 0 fully saturated rings. The van der Waals surface area contributed by atoms with E-state index in [1.807, 2.05) is 48.5 Å². The van der Waals surface area contributed by atoms with Crippen LogP contribution in [0.4, 0.5) is 0 Å². The number of nitrogens with two attached hydrogens (primary N) is 1. The predicted octanol–water partition coefficient (Wildman–Crippen LogP) is 3.24. The van der Waals surface area contributed by atoms with Crippen LogP contribution in [0.2, 0.25) is 0 Å². The molecule has 100 valence electrons. The van der Waals surface area contributed by atoms with Gasteiger partial charge < -0.3 is 10.8 Å². The van der Waals surface area contributed by atoms with E-state index in [1.165, 1.54) is 5.56 Å². The fourth-order valence-corrected chi connectivity index (χ4v) is 2.32. The number of hydrogen-bond acceptors (Lipinski definition) is 2. The summed E-state index contributed by atoms with van der Waals surface area (Å²) in [4.78, 5) is 0. The molecule has 0 bridgehead atoms. The fraction of sp³-hybridized carbons (Fsp3) is 0.294. The molecule has 0 radical (unpaired) electrons. The van der Waals surface area contributed by atoms with Crippen molar-refractivity contribution in [3.05, 3.63) is 71.8 Å². The minimum absolute atomic E-state index is 0.297. The van der Waals surface area contributed by atoms with Crippen LogP contribution in [0.5, 0.6) is 0 Å². The van der Waals surface area contributed by atoms with E-state index in [2.05, 4.69) is 19.1 Å². The normalized spacial score (nSPS) is 15.7. The zero-order chi connectivity index (χ0) is 13.7. The highest BCUT2D eigenvalue weighted by atomic mass is 16.3. The van der Waals surface area contributed by atoms with Crippen molar-refractivity contribution in [1.82, 2.24) is 0 Å². The van der Waals surface area contributed by atoms with Gasteiger partial charge in [0.2, 0.25) is 0 Å². The summed E-state index contributed by atoms with van der Waals surface area (Å²) in [5.41, 5.74) is 8.33. The van der Waals surface area contributed by atoms with Gasteiger partial charge in [0.05, 0.1) is 12.1 Å². The molecule has 0 saturated carbocycles. The average molecular weight is 255 g/mol. The molecular weight excluding hydrogens is 234 g/mol. The third kappa shape index (κ3) is 3.66. The summed E-state index contributed by atoms with van der Waals surface area (Å²) in [6.45, 7) is 2.12. The van der Waals surface area contributed by atoms with Gasteiger partial charge in [0.1, 0.15) is 0 Å². The third-order valence-electron chi connectivity index (χ3n) is 3.56. The minimum Gasteiger partial charge on any atom is -0.391 e. The Morgan fingerprint density at radius 2 is 1.37 bits per heavy atom. The van der Waals surface area contributed by atoms with Crippen molar-refractivity contribution in [2.24, 2.45) is 5.73 Å². The molecule has 0 spiro atoms. The summed E-state index contributed by atoms with van der Waals surface area (Å²) in [5, 5.41) is 10.3. The van der Waals surface area contributed by atoms with Gasteiger partial charge in [0.25, 0.3) is 0 Å². The van der Waals surface area contributed by atoms with Gasteiger partial charge in [-0.25, -0.2) is 0 Å². The Morgan fingerprint density at radius 3 is 1.89 bits per heavy atom. The first-order valence-electron chi connectivity index (χ1n) is 6.72. The quantitative estimate of drug-likeness (QED) is 0.861. The maximum Gasteiger partial charge on any atom is 0.0738 e. The minimum atomic E-state index is -0.530. The number of aliphatic hydroxyl groups is 1. The topological polar surface area (TPSA) is 46.2 Å². The lowest BCUT2D eigenvalue weighted by Crippen LogP contribution is -2.27. The lowest BCUT2D eigenvalue weighted by Gasteiger charge is -2.22. The Kier molecular flexibility index (Phi) is 4.72. The molecule has 19 heavy (non-hydrogen) atoms. The molecule has 2 aromatic rings. The van der Waals surface area contributed by atoms with E-state index in [4.69, 9.17) is 5.73 Å². The second-order valence-electron chi connectivity index (χ2n) is 5.05. The van der Waals surface area contributed by atoms with Gasteiger partial charge >= 0.3 is 0 Å². The Balaban J connectivity index is 1.99. The van der Waals surface area contributed by atoms with Crippen molar-refractivity contribution >= 4 is 0 Å². The molecule has 3 unspecified atom stereocenters. The van der Waals surface area contributed by atoms with Crippen molar-refractivity contribution in [3.63, 3.8) is 0 Å². The van der Waals surface area contributed by atoms with E-state index in [1.54, 1.807) is 0 Å². The summed E-state index contributed by atoms with van der Waals surface area (Å²) in [5.74, 6) is 0.297. The number of rotatable bonds is 5. The summed E-state index contributed by atoms with van der Waals surface area (Å²) >= 11 is 0. The molecule has 2 rings (SSSR count). The van der Waals surface area contributed by atoms with Crippen LogP contribution >= 0.6 is 0 Å². The second-order valence-corrected chi connectivity index (χ2v) is 5.05. The van der Waals surface area contributed by atoms with Crippen LogP contribution in [-0.4, -0.2) is 11.2 Å². The van der Waals surface area contributed by atoms with Crippen LogP contribution in [0, 0.1) is 0 Å². The largest absolute Gasteiger partial charge is 0.391 e. The molecule has 2 aromatic carbocycles. The number of aliphatic hydroxyl groups excluding tert-OH is 1. The van der Waals surface area contributed by atoms with Crippen LogP contribution in [0.25, 0.3) is 0 Å². The highest BCUT2D eigenvalue weighted by molar-refractivity contribution is 5.21. The molecule has 0 aromatic heterocycles. The maximum absolute atomic E-state index is 10.3. The second kappa shape index (κ2) is 6.50. The summed E-state index contributed by atoms with van der Waals surface area (Å²) in [6.07, 6.45) is 0.137. The third-order valence-corrected chi connectivity index (χ3v) is 3.56. The summed E-state index contributed by atoms with van der Waals surface area (Å²) < 4.78 is 0. The monoisotopic (exact) mass is 255 g/mol. The zero-order valence-electron chi connectivity index (χ0n) is 11.2. The maximum atomic E-state index is 10.3. The van der Waals surface area contributed by atoms with E-state index in [-0.39, 0.29) is 6.04 Å². The SMILES string of the molecule is CC(CC(O)C(N)c1ccccc1)c1ccccc1. The van der Waals surface area contributed by atoms with Gasteiger partial charge in [0.15, 0.2) is 0 Å². The highest BCUT2D eigenvalue weighted by Gasteiger charge is 2.19. The summed E-state index contributed by atoms with van der Waals surface area (Å²) in [6, 6.07) is 19.7. The molecule has 0 aliphatic heterocycles. The van der Waals surface area contributed by atoms with Crippen molar-refractivity contribution in [2.45, 2.75) is 31.4 Å². The zero-order valence-corrected chi connectivity index (χ0v) is 11.2. The lowest BCUT2D eigenvalue weighted by molar-refractivity contribution is 0.128. The van der Waals surface area contributed by atoms with E-state index >= 15 is 0 Å². The molecule has 0 heterocycles. The summed E-state index contributed by atoms with van der Waals surface area (Å²) in [7, 11) is 0. The van der Waals surface area contributed by atoms with E-state index < -0.39 is 6.10 Å². The Labute approximate surface area is 114 Å². The van der Waals surface area contributed by atoms with Crippen molar-refractivity contribution < 1.29 is 5.11 Å². The molecule has 0 aliphatic rings. The van der Waals surface area contributed by atoms with E-state index in [0.717, 1.165) is 5.56 Å². The standard InChI is InChI=1S/C17H21NO/c1-13(14-8-4-2-5-9-14)12-16(19)17(18)15-10-6-3-7-11-15/h2-11,13,16-17,19H,12,18H2,1H3. The van der Waals surface area contributed by atoms with Crippen molar-refractivity contribution in [3.8, 4) is 0 Å². The molecule has 0 aliphatic carbocycles. The van der Waals surface area contributed by atoms with Gasteiger partial charge in [0, 0.05) is 0 Å². The lowest BCUT2D eigenvalue weighted by atomic mass is 9.90. The van der Waals surface area contributed by atoms with Crippen LogP contribution in [0.15, 0.2) is 60.7 Å². The Hall–Kier alpha value is -1.64. The first-order valence-corrected chi connectivity index (χ1v) is 6.72. The van der Waals surface area contributed by atoms with Gasteiger partial charge in [-0.2, -0.15) is 0 Å². The van der Waals surface area contributed by atoms with Crippen molar-refractivity contribution in [2.75, 3.05) is 0 Å². The van der Waals surface area contributed by atoms with Crippen LogP contribution in [0.3, 0.4) is 0 Å². The fourth-order valence-electron chi connectivity index (χ4n) is 2.32. The molecular formula is C17H21NO. The Bertz CT molecular complexity index is 483. The average Bonchev–Trinajstić information content (AvgIpc) is 2.48. The van der Waals surface area contributed by atoms with Gasteiger partial charge in [-0.05, 0) is 23.5 Å². The highest BCUT2D eigenvalue weighted by Crippen LogP contribution is 2.25. The van der Waals surface area contributed by atoms with Gasteiger partial charge in [-0.3, -0.25) is 0 Å². The Morgan fingerprint density at radius 1 is 0.895 bits per heavy atom. The molecule has 2 nitrogen and oxygen atoms in total. The van der Waals surface area contributed by atoms with Crippen molar-refractivity contribution in [1.29, 1.82) is 0 Å². The van der Waals surface area contributed by atoms with Crippen LogP contribution < -0.4 is 5.73 Å². The molecule has 0 amide bonds. The van der Waals surface area contributed by atoms with Crippen LogP contribution in [-0.2, 0) is 0 Å². The first-order chi connectivity index (χ1) is 9.18. The number of benzene rings is 2. The predicted molar refractivity (Wildman–Crippen MR) is 78.9 cm³/mol. The first kappa shape index (κ1) is 13.8. The van der Waals surface area contributed by atoms with E-state index in [0.29, 0.717) is 12.3 Å². The molecule has 2 heteroatoms. The molecule has 3 N–H and O–H groups in total. The number of hydrogen-bond donors (Lipinski definition) is 2.